The summed E-state index contributed by atoms with van der Waals surface area (Å²) in [6.07, 6.45) is 3.15. The van der Waals surface area contributed by atoms with Gasteiger partial charge in [0.05, 0.1) is 11.7 Å². The molecule has 8 heteroatoms. The van der Waals surface area contributed by atoms with Gasteiger partial charge in [0.25, 0.3) is 0 Å². The van der Waals surface area contributed by atoms with Gasteiger partial charge in [-0.3, -0.25) is 5.43 Å². The zero-order valence-electron chi connectivity index (χ0n) is 14.6. The molecule has 0 spiro atoms. The smallest absolute Gasteiger partial charge is 0.138 e. The second-order valence-electron chi connectivity index (χ2n) is 6.57. The molecule has 1 aliphatic heterocycles. The van der Waals surface area contributed by atoms with Crippen molar-refractivity contribution < 1.29 is 8.78 Å². The number of aromatic nitrogens is 3. The lowest BCUT2D eigenvalue weighted by Gasteiger charge is -2.20. The zero-order valence-corrected chi connectivity index (χ0v) is 14.6. The first-order valence-corrected chi connectivity index (χ1v) is 8.79. The molecule has 3 N–H and O–H groups in total. The maximum Gasteiger partial charge on any atom is 0.138 e. The van der Waals surface area contributed by atoms with Gasteiger partial charge in [-0.2, -0.15) is 5.10 Å². The van der Waals surface area contributed by atoms with E-state index in [-0.39, 0.29) is 12.0 Å². The second-order valence-corrected chi connectivity index (χ2v) is 6.57. The van der Waals surface area contributed by atoms with Crippen molar-refractivity contribution in [1.29, 1.82) is 0 Å². The molecule has 0 amide bonds. The highest BCUT2D eigenvalue weighted by atomic mass is 19.1. The Balaban J connectivity index is 1.34. The molecule has 0 aliphatic carbocycles. The van der Waals surface area contributed by atoms with Crippen LogP contribution in [0.1, 0.15) is 17.2 Å². The summed E-state index contributed by atoms with van der Waals surface area (Å²) in [5, 5.41) is 7.52. The van der Waals surface area contributed by atoms with Gasteiger partial charge in [-0.15, -0.1) is 0 Å². The quantitative estimate of drug-likeness (QED) is 0.620. The highest BCUT2D eigenvalue weighted by Crippen LogP contribution is 2.27. The summed E-state index contributed by atoms with van der Waals surface area (Å²) in [5.41, 5.74) is 8.72. The molecule has 0 saturated carbocycles. The Morgan fingerprint density at radius 3 is 2.74 bits per heavy atom. The number of benzene rings is 2. The van der Waals surface area contributed by atoms with Gasteiger partial charge in [0.2, 0.25) is 0 Å². The lowest BCUT2D eigenvalue weighted by Crippen LogP contribution is -2.29. The van der Waals surface area contributed by atoms with Crippen LogP contribution in [0.25, 0.3) is 5.69 Å². The molecule has 3 aromatic rings. The van der Waals surface area contributed by atoms with Crippen LogP contribution in [0.15, 0.2) is 55.1 Å². The van der Waals surface area contributed by atoms with Crippen LogP contribution >= 0.6 is 0 Å². The molecule has 1 fully saturated rings. The molecule has 140 valence electrons. The van der Waals surface area contributed by atoms with Crippen molar-refractivity contribution in [3.63, 3.8) is 0 Å². The fourth-order valence-electron chi connectivity index (χ4n) is 3.32. The minimum atomic E-state index is -0.564. The van der Waals surface area contributed by atoms with Crippen LogP contribution in [-0.4, -0.2) is 27.9 Å². The molecule has 2 unspecified atom stereocenters. The Kier molecular flexibility index (Phi) is 5.19. The number of rotatable bonds is 6. The molecule has 0 bridgehead atoms. The van der Waals surface area contributed by atoms with Crippen molar-refractivity contribution >= 4 is 0 Å². The summed E-state index contributed by atoms with van der Waals surface area (Å²) in [6.45, 7) is 2.11. The van der Waals surface area contributed by atoms with E-state index in [1.54, 1.807) is 11.0 Å². The number of hydrogen-bond donors (Lipinski definition) is 3. The molecule has 1 saturated heterocycles. The van der Waals surface area contributed by atoms with Crippen LogP contribution in [0, 0.1) is 17.6 Å². The molecule has 2 atom stereocenters. The summed E-state index contributed by atoms with van der Waals surface area (Å²) >= 11 is 0. The number of hydrazine groups is 1. The van der Waals surface area contributed by atoms with Crippen molar-refractivity contribution in [3.8, 4) is 5.69 Å². The van der Waals surface area contributed by atoms with Crippen LogP contribution in [0.5, 0.6) is 0 Å². The first-order chi connectivity index (χ1) is 13.2. The summed E-state index contributed by atoms with van der Waals surface area (Å²) in [4.78, 5) is 3.94. The third kappa shape index (κ3) is 4.02. The van der Waals surface area contributed by atoms with E-state index >= 15 is 0 Å². The monoisotopic (exact) mass is 370 g/mol. The van der Waals surface area contributed by atoms with Gasteiger partial charge < -0.3 is 5.32 Å². The number of halogens is 2. The molecule has 1 aliphatic rings. The Bertz CT molecular complexity index is 882. The number of hydrogen-bond acceptors (Lipinski definition) is 5. The molecule has 2 heterocycles. The molecule has 0 radical (unpaired) electrons. The predicted molar refractivity (Wildman–Crippen MR) is 96.8 cm³/mol. The standard InChI is InChI=1S/C19H20F2N6/c20-15-3-6-17(18(21)7-15)19-14(10-24-26-19)9-22-8-13-1-4-16(5-2-13)27-12-23-11-25-27/h1-7,11-12,14,19,22,24,26H,8-10H2. The largest absolute Gasteiger partial charge is 0.312 e. The Morgan fingerprint density at radius 2 is 2.00 bits per heavy atom. The molecule has 27 heavy (non-hydrogen) atoms. The van der Waals surface area contributed by atoms with Crippen molar-refractivity contribution in [3.05, 3.63) is 77.9 Å². The third-order valence-electron chi connectivity index (χ3n) is 4.75. The zero-order chi connectivity index (χ0) is 18.6. The van der Waals surface area contributed by atoms with Crippen molar-refractivity contribution in [2.24, 2.45) is 5.92 Å². The lowest BCUT2D eigenvalue weighted by molar-refractivity contribution is 0.425. The number of nitrogens with one attached hydrogen (secondary N) is 3. The maximum absolute atomic E-state index is 14.1. The van der Waals surface area contributed by atoms with Gasteiger partial charge in [-0.25, -0.2) is 23.9 Å². The molecule has 1 aromatic heterocycles. The lowest BCUT2D eigenvalue weighted by atomic mass is 9.94. The van der Waals surface area contributed by atoms with Crippen LogP contribution in [-0.2, 0) is 6.54 Å². The van der Waals surface area contributed by atoms with Crippen LogP contribution in [0.4, 0.5) is 8.78 Å². The van der Waals surface area contributed by atoms with E-state index in [9.17, 15) is 8.78 Å². The van der Waals surface area contributed by atoms with Gasteiger partial charge in [0.15, 0.2) is 0 Å². The molecular weight excluding hydrogens is 350 g/mol. The molecule has 4 rings (SSSR count). The van der Waals surface area contributed by atoms with Gasteiger partial charge in [-0.05, 0) is 23.8 Å². The topological polar surface area (TPSA) is 66.8 Å². The Labute approximate surface area is 155 Å². The minimum Gasteiger partial charge on any atom is -0.312 e. The fraction of sp³-hybridized carbons (Fsp3) is 0.263. The highest BCUT2D eigenvalue weighted by molar-refractivity contribution is 5.33. The molecular formula is C19H20F2N6. The van der Waals surface area contributed by atoms with E-state index in [0.717, 1.165) is 17.3 Å². The summed E-state index contributed by atoms with van der Waals surface area (Å²) in [7, 11) is 0. The van der Waals surface area contributed by atoms with Crippen molar-refractivity contribution in [2.45, 2.75) is 12.6 Å². The van der Waals surface area contributed by atoms with Gasteiger partial charge in [0.1, 0.15) is 24.3 Å². The van der Waals surface area contributed by atoms with Gasteiger partial charge in [-0.1, -0.05) is 18.2 Å². The molecule has 2 aromatic carbocycles. The summed E-state index contributed by atoms with van der Waals surface area (Å²) < 4.78 is 28.9. The van der Waals surface area contributed by atoms with E-state index in [2.05, 4.69) is 26.3 Å². The average Bonchev–Trinajstić information content (AvgIpc) is 3.35. The third-order valence-corrected chi connectivity index (χ3v) is 4.75. The van der Waals surface area contributed by atoms with Crippen LogP contribution in [0.3, 0.4) is 0 Å². The van der Waals surface area contributed by atoms with Gasteiger partial charge in [0, 0.05) is 37.2 Å². The summed E-state index contributed by atoms with van der Waals surface area (Å²) in [5.74, 6) is -0.935. The normalized spacial score (nSPS) is 19.5. The summed E-state index contributed by atoms with van der Waals surface area (Å²) in [6, 6.07) is 11.6. The van der Waals surface area contributed by atoms with Crippen molar-refractivity contribution in [1.82, 2.24) is 30.9 Å². The van der Waals surface area contributed by atoms with E-state index in [1.807, 2.05) is 24.3 Å². The predicted octanol–water partition coefficient (Wildman–Crippen LogP) is 2.10. The average molecular weight is 370 g/mol. The van der Waals surface area contributed by atoms with Crippen LogP contribution in [0.2, 0.25) is 0 Å². The van der Waals surface area contributed by atoms with Gasteiger partial charge >= 0.3 is 0 Å². The Morgan fingerprint density at radius 1 is 1.15 bits per heavy atom. The SMILES string of the molecule is Fc1ccc(C2NNCC2CNCc2ccc(-n3cncn3)cc2)c(F)c1. The highest BCUT2D eigenvalue weighted by Gasteiger charge is 2.29. The first-order valence-electron chi connectivity index (χ1n) is 8.79. The second kappa shape index (κ2) is 7.91. The van der Waals surface area contributed by atoms with E-state index in [1.165, 1.54) is 18.5 Å². The fourth-order valence-corrected chi connectivity index (χ4v) is 3.32. The maximum atomic E-state index is 14.1. The van der Waals surface area contributed by atoms with E-state index in [0.29, 0.717) is 25.2 Å². The minimum absolute atomic E-state index is 0.152. The van der Waals surface area contributed by atoms with Crippen LogP contribution < -0.4 is 16.2 Å². The van der Waals surface area contributed by atoms with E-state index < -0.39 is 11.6 Å². The van der Waals surface area contributed by atoms with Crippen molar-refractivity contribution in [2.75, 3.05) is 13.1 Å². The molecule has 6 nitrogen and oxygen atoms in total. The number of nitrogens with zero attached hydrogens (tertiary/aromatic N) is 3. The Hall–Kier alpha value is -2.68. The first kappa shape index (κ1) is 17.7. The van der Waals surface area contributed by atoms with E-state index in [4.69, 9.17) is 0 Å².